The van der Waals surface area contributed by atoms with Crippen LogP contribution in [0.1, 0.15) is 17.4 Å². The van der Waals surface area contributed by atoms with Crippen LogP contribution in [0.4, 0.5) is 18.9 Å². The zero-order valence-corrected chi connectivity index (χ0v) is 10.6. The third kappa shape index (κ3) is 3.24. The predicted octanol–water partition coefficient (Wildman–Crippen LogP) is 1.11. The number of nitrogens with one attached hydrogen (secondary N) is 1. The van der Waals surface area contributed by atoms with E-state index in [2.05, 4.69) is 5.10 Å². The molecule has 19 heavy (non-hydrogen) atoms. The number of anilines is 1. The van der Waals surface area contributed by atoms with Crippen molar-refractivity contribution in [2.24, 2.45) is 0 Å². The molecular formula is C10H13F3N4O2. The lowest BCUT2D eigenvalue weighted by molar-refractivity contribution is -0.167. The monoisotopic (exact) mass is 278 g/mol. The lowest BCUT2D eigenvalue weighted by Crippen LogP contribution is -2.32. The van der Waals surface area contributed by atoms with Crippen LogP contribution in [0, 0.1) is 0 Å². The summed E-state index contributed by atoms with van der Waals surface area (Å²) in [6.45, 7) is 1.96. The van der Waals surface area contributed by atoms with Crippen molar-refractivity contribution in [2.75, 3.05) is 19.4 Å². The van der Waals surface area contributed by atoms with Crippen LogP contribution in [0.25, 0.3) is 0 Å². The second kappa shape index (κ2) is 5.29. The van der Waals surface area contributed by atoms with Crippen molar-refractivity contribution in [1.29, 1.82) is 0 Å². The van der Waals surface area contributed by atoms with E-state index < -0.39 is 18.0 Å². The molecule has 1 aromatic rings. The van der Waals surface area contributed by atoms with Crippen LogP contribution in [-0.4, -0.2) is 46.8 Å². The van der Waals surface area contributed by atoms with Gasteiger partial charge in [0.05, 0.1) is 11.9 Å². The molecule has 0 aromatic carbocycles. The highest BCUT2D eigenvalue weighted by Crippen LogP contribution is 2.21. The molecule has 2 amide bonds. The minimum Gasteiger partial charge on any atom is -0.343 e. The molecule has 0 aliphatic carbocycles. The van der Waals surface area contributed by atoms with E-state index in [9.17, 15) is 22.8 Å². The summed E-state index contributed by atoms with van der Waals surface area (Å²) in [5, 5.41) is 5.41. The van der Waals surface area contributed by atoms with Crippen molar-refractivity contribution in [3.63, 3.8) is 0 Å². The summed E-state index contributed by atoms with van der Waals surface area (Å²) < 4.78 is 37.8. The molecule has 1 heterocycles. The molecule has 6 nitrogen and oxygen atoms in total. The van der Waals surface area contributed by atoms with E-state index in [1.54, 1.807) is 12.2 Å². The van der Waals surface area contributed by atoms with Gasteiger partial charge in [-0.1, -0.05) is 0 Å². The van der Waals surface area contributed by atoms with E-state index in [0.29, 0.717) is 0 Å². The SMILES string of the molecule is CCn1ncc(NC(=O)C(F)(F)F)c1C(=O)N(C)C. The Hall–Kier alpha value is -2.06. The molecule has 106 valence electrons. The molecule has 0 spiro atoms. The van der Waals surface area contributed by atoms with Gasteiger partial charge in [0.15, 0.2) is 0 Å². The molecule has 0 atom stereocenters. The maximum atomic E-state index is 12.2. The molecule has 0 radical (unpaired) electrons. The summed E-state index contributed by atoms with van der Waals surface area (Å²) >= 11 is 0. The first-order chi connectivity index (χ1) is 8.68. The summed E-state index contributed by atoms with van der Waals surface area (Å²) in [5.74, 6) is -2.69. The Morgan fingerprint density at radius 1 is 1.42 bits per heavy atom. The van der Waals surface area contributed by atoms with Gasteiger partial charge in [-0.2, -0.15) is 18.3 Å². The van der Waals surface area contributed by atoms with E-state index in [0.717, 1.165) is 6.20 Å². The van der Waals surface area contributed by atoms with Gasteiger partial charge >= 0.3 is 12.1 Å². The number of amides is 2. The second-order valence-electron chi connectivity index (χ2n) is 3.87. The zero-order valence-electron chi connectivity index (χ0n) is 10.6. The summed E-state index contributed by atoms with van der Waals surface area (Å²) in [6.07, 6.45) is -4.00. The highest BCUT2D eigenvalue weighted by Gasteiger charge is 2.39. The summed E-state index contributed by atoms with van der Waals surface area (Å²) in [7, 11) is 2.90. The van der Waals surface area contributed by atoms with Gasteiger partial charge in [-0.15, -0.1) is 0 Å². The highest BCUT2D eigenvalue weighted by atomic mass is 19.4. The number of halogens is 3. The van der Waals surface area contributed by atoms with Gasteiger partial charge < -0.3 is 10.2 Å². The molecule has 0 saturated heterocycles. The van der Waals surface area contributed by atoms with E-state index in [1.165, 1.54) is 23.7 Å². The molecule has 1 aromatic heterocycles. The number of carbonyl (C=O) groups excluding carboxylic acids is 2. The smallest absolute Gasteiger partial charge is 0.343 e. The molecule has 9 heteroatoms. The van der Waals surface area contributed by atoms with E-state index >= 15 is 0 Å². The fourth-order valence-electron chi connectivity index (χ4n) is 1.35. The van der Waals surface area contributed by atoms with E-state index in [-0.39, 0.29) is 17.9 Å². The predicted molar refractivity (Wildman–Crippen MR) is 60.6 cm³/mol. The maximum Gasteiger partial charge on any atom is 0.471 e. The van der Waals surface area contributed by atoms with Crippen LogP contribution in [0.15, 0.2) is 6.20 Å². The Balaban J connectivity index is 3.13. The number of hydrogen-bond donors (Lipinski definition) is 1. The quantitative estimate of drug-likeness (QED) is 0.900. The average Bonchev–Trinajstić information content (AvgIpc) is 2.69. The van der Waals surface area contributed by atoms with Crippen molar-refractivity contribution >= 4 is 17.5 Å². The Morgan fingerprint density at radius 2 is 2.00 bits per heavy atom. The average molecular weight is 278 g/mol. The van der Waals surface area contributed by atoms with Gasteiger partial charge in [0.25, 0.3) is 5.91 Å². The van der Waals surface area contributed by atoms with Crippen LogP contribution < -0.4 is 5.32 Å². The minimum absolute atomic E-state index is 0.0925. The molecule has 1 rings (SSSR count). The summed E-state index contributed by atoms with van der Waals surface area (Å²) in [4.78, 5) is 23.9. The lowest BCUT2D eigenvalue weighted by Gasteiger charge is -2.14. The Kier molecular flexibility index (Phi) is 4.17. The Bertz CT molecular complexity index is 493. The van der Waals surface area contributed by atoms with Crippen molar-refractivity contribution in [3.8, 4) is 0 Å². The molecule has 0 aliphatic heterocycles. The topological polar surface area (TPSA) is 67.2 Å². The molecule has 0 fully saturated rings. The Morgan fingerprint density at radius 3 is 2.42 bits per heavy atom. The third-order valence-electron chi connectivity index (χ3n) is 2.25. The van der Waals surface area contributed by atoms with Crippen LogP contribution in [0.5, 0.6) is 0 Å². The van der Waals surface area contributed by atoms with Crippen LogP contribution in [0.2, 0.25) is 0 Å². The largest absolute Gasteiger partial charge is 0.471 e. The fraction of sp³-hybridized carbons (Fsp3) is 0.500. The number of aromatic nitrogens is 2. The summed E-state index contributed by atoms with van der Waals surface area (Å²) in [6, 6.07) is 0. The lowest BCUT2D eigenvalue weighted by atomic mass is 10.3. The van der Waals surface area contributed by atoms with Gasteiger partial charge in [-0.25, -0.2) is 0 Å². The molecule has 1 N–H and O–H groups in total. The minimum atomic E-state index is -5.02. The number of alkyl halides is 3. The van der Waals surface area contributed by atoms with Crippen molar-refractivity contribution in [1.82, 2.24) is 14.7 Å². The van der Waals surface area contributed by atoms with Gasteiger partial charge in [0, 0.05) is 20.6 Å². The zero-order chi connectivity index (χ0) is 14.8. The van der Waals surface area contributed by atoms with Gasteiger partial charge in [-0.05, 0) is 6.92 Å². The van der Waals surface area contributed by atoms with E-state index in [1.807, 2.05) is 0 Å². The van der Waals surface area contributed by atoms with Crippen LogP contribution in [0.3, 0.4) is 0 Å². The van der Waals surface area contributed by atoms with Crippen LogP contribution >= 0.6 is 0 Å². The van der Waals surface area contributed by atoms with Gasteiger partial charge in [-0.3, -0.25) is 14.3 Å². The normalized spacial score (nSPS) is 11.3. The first-order valence-corrected chi connectivity index (χ1v) is 5.34. The third-order valence-corrected chi connectivity index (χ3v) is 2.25. The summed E-state index contributed by atoms with van der Waals surface area (Å²) in [5.41, 5.74) is -0.354. The molecule has 0 unspecified atom stereocenters. The molecule has 0 saturated carbocycles. The maximum absolute atomic E-state index is 12.2. The van der Waals surface area contributed by atoms with Gasteiger partial charge in [0.1, 0.15) is 5.69 Å². The first kappa shape index (κ1) is 15.0. The second-order valence-corrected chi connectivity index (χ2v) is 3.87. The number of carbonyl (C=O) groups is 2. The number of rotatable bonds is 3. The first-order valence-electron chi connectivity index (χ1n) is 5.34. The van der Waals surface area contributed by atoms with Crippen molar-refractivity contribution in [3.05, 3.63) is 11.9 Å². The number of nitrogens with zero attached hydrogens (tertiary/aromatic N) is 3. The Labute approximate surface area is 107 Å². The number of hydrogen-bond acceptors (Lipinski definition) is 3. The van der Waals surface area contributed by atoms with Crippen molar-refractivity contribution in [2.45, 2.75) is 19.6 Å². The van der Waals surface area contributed by atoms with Crippen molar-refractivity contribution < 1.29 is 22.8 Å². The number of aryl methyl sites for hydroxylation is 1. The van der Waals surface area contributed by atoms with E-state index in [4.69, 9.17) is 0 Å². The van der Waals surface area contributed by atoms with Gasteiger partial charge in [0.2, 0.25) is 0 Å². The molecule has 0 aliphatic rings. The molecule has 0 bridgehead atoms. The highest BCUT2D eigenvalue weighted by molar-refractivity contribution is 6.03. The standard InChI is InChI=1S/C10H13F3N4O2/c1-4-17-7(8(18)16(2)3)6(5-14-17)15-9(19)10(11,12)13/h5H,4H2,1-3H3,(H,15,19). The molecular weight excluding hydrogens is 265 g/mol. The fourth-order valence-corrected chi connectivity index (χ4v) is 1.35. The van der Waals surface area contributed by atoms with Crippen LogP contribution in [-0.2, 0) is 11.3 Å².